The summed E-state index contributed by atoms with van der Waals surface area (Å²) in [4.78, 5) is 0. The van der Waals surface area contributed by atoms with Crippen LogP contribution in [-0.4, -0.2) is 15.7 Å². The largest absolute Gasteiger partial charge is 0.419 e. The van der Waals surface area contributed by atoms with Gasteiger partial charge in [-0.2, -0.15) is 0 Å². The van der Waals surface area contributed by atoms with Crippen LogP contribution in [0, 0.1) is 0 Å². The van der Waals surface area contributed by atoms with Crippen molar-refractivity contribution in [3.63, 3.8) is 0 Å². The first-order valence-corrected chi connectivity index (χ1v) is 6.93. The van der Waals surface area contributed by atoms with E-state index in [1.165, 1.54) is 0 Å². The van der Waals surface area contributed by atoms with Gasteiger partial charge >= 0.3 is 0 Å². The van der Waals surface area contributed by atoms with E-state index < -0.39 is 0 Å². The first-order chi connectivity index (χ1) is 7.94. The maximum Gasteiger partial charge on any atom is 0.248 e. The van der Waals surface area contributed by atoms with Crippen LogP contribution < -0.4 is 5.32 Å². The molecule has 17 heavy (non-hydrogen) atoms. The van der Waals surface area contributed by atoms with Gasteiger partial charge in [0.05, 0.1) is 15.9 Å². The maximum absolute atomic E-state index is 5.58. The Morgan fingerprint density at radius 1 is 1.41 bits per heavy atom. The Labute approximate surface area is 113 Å². The second-order valence-corrected chi connectivity index (χ2v) is 7.03. The van der Waals surface area contributed by atoms with E-state index in [0.717, 1.165) is 9.35 Å². The number of hydrogen-bond acceptors (Lipinski definition) is 5. The summed E-state index contributed by atoms with van der Waals surface area (Å²) < 4.78 is 6.64. The van der Waals surface area contributed by atoms with Crippen LogP contribution in [0.4, 0.5) is 0 Å². The Hall–Kier alpha value is -0.720. The predicted molar refractivity (Wildman–Crippen MR) is 71.9 cm³/mol. The summed E-state index contributed by atoms with van der Waals surface area (Å²) in [6.07, 6.45) is 0. The van der Waals surface area contributed by atoms with Crippen molar-refractivity contribution >= 4 is 27.3 Å². The third kappa shape index (κ3) is 3.62. The normalized spacial score (nSPS) is 12.0. The van der Waals surface area contributed by atoms with Crippen molar-refractivity contribution in [1.29, 1.82) is 0 Å². The van der Waals surface area contributed by atoms with Gasteiger partial charge in [-0.15, -0.1) is 21.5 Å². The van der Waals surface area contributed by atoms with Crippen LogP contribution in [-0.2, 0) is 6.54 Å². The Balaban J connectivity index is 2.06. The van der Waals surface area contributed by atoms with Crippen LogP contribution in [0.25, 0.3) is 11.5 Å². The number of aromatic nitrogens is 2. The molecule has 0 aliphatic rings. The summed E-state index contributed by atoms with van der Waals surface area (Å²) in [6.45, 7) is 6.88. The first-order valence-electron chi connectivity index (χ1n) is 5.26. The minimum atomic E-state index is 0.0417. The minimum absolute atomic E-state index is 0.0417. The summed E-state index contributed by atoms with van der Waals surface area (Å²) in [7, 11) is 0. The summed E-state index contributed by atoms with van der Waals surface area (Å²) in [6, 6.07) is 1.97. The molecule has 0 atom stereocenters. The van der Waals surface area contributed by atoms with Gasteiger partial charge in [-0.1, -0.05) is 0 Å². The number of hydrogen-bond donors (Lipinski definition) is 1. The highest BCUT2D eigenvalue weighted by Gasteiger charge is 2.13. The quantitative estimate of drug-likeness (QED) is 0.942. The van der Waals surface area contributed by atoms with E-state index in [9.17, 15) is 0 Å². The van der Waals surface area contributed by atoms with E-state index in [1.807, 2.05) is 11.4 Å². The van der Waals surface area contributed by atoms with E-state index in [4.69, 9.17) is 4.42 Å². The highest BCUT2D eigenvalue weighted by Crippen LogP contribution is 2.28. The van der Waals surface area contributed by atoms with Crippen LogP contribution in [0.3, 0.4) is 0 Å². The third-order valence-electron chi connectivity index (χ3n) is 2.05. The van der Waals surface area contributed by atoms with Gasteiger partial charge in [0.1, 0.15) is 0 Å². The molecule has 0 spiro atoms. The zero-order valence-electron chi connectivity index (χ0n) is 9.95. The zero-order chi connectivity index (χ0) is 12.5. The average molecular weight is 316 g/mol. The van der Waals surface area contributed by atoms with Crippen molar-refractivity contribution in [3.05, 3.63) is 21.1 Å². The molecule has 0 radical (unpaired) electrons. The fraction of sp³-hybridized carbons (Fsp3) is 0.455. The van der Waals surface area contributed by atoms with Crippen molar-refractivity contribution in [2.75, 3.05) is 0 Å². The Morgan fingerprint density at radius 3 is 2.76 bits per heavy atom. The molecule has 2 heterocycles. The van der Waals surface area contributed by atoms with Gasteiger partial charge < -0.3 is 9.73 Å². The van der Waals surface area contributed by atoms with Gasteiger partial charge in [-0.05, 0) is 42.8 Å². The summed E-state index contributed by atoms with van der Waals surface area (Å²) >= 11 is 5.01. The smallest absolute Gasteiger partial charge is 0.248 e. The molecule has 0 saturated heterocycles. The van der Waals surface area contributed by atoms with Gasteiger partial charge in [0.15, 0.2) is 0 Å². The average Bonchev–Trinajstić information content (AvgIpc) is 2.81. The van der Waals surface area contributed by atoms with E-state index in [0.29, 0.717) is 18.3 Å². The number of nitrogens with zero attached hydrogens (tertiary/aromatic N) is 2. The molecule has 2 aromatic rings. The number of nitrogens with one attached hydrogen (secondary N) is 1. The molecule has 4 nitrogen and oxygen atoms in total. The number of rotatable bonds is 3. The van der Waals surface area contributed by atoms with E-state index in [-0.39, 0.29) is 5.54 Å². The van der Waals surface area contributed by atoms with Crippen LogP contribution in [0.1, 0.15) is 26.7 Å². The summed E-state index contributed by atoms with van der Waals surface area (Å²) in [5.74, 6) is 1.18. The van der Waals surface area contributed by atoms with Crippen LogP contribution in [0.2, 0.25) is 0 Å². The second-order valence-electron chi connectivity index (χ2n) is 4.74. The lowest BCUT2D eigenvalue weighted by molar-refractivity contribution is 0.383. The fourth-order valence-corrected chi connectivity index (χ4v) is 2.34. The Kier molecular flexibility index (Phi) is 3.65. The molecule has 2 rings (SSSR count). The molecule has 0 aliphatic heterocycles. The van der Waals surface area contributed by atoms with Crippen LogP contribution in [0.5, 0.6) is 0 Å². The molecule has 92 valence electrons. The molecule has 1 N–H and O–H groups in total. The highest BCUT2D eigenvalue weighted by molar-refractivity contribution is 9.11. The predicted octanol–water partition coefficient (Wildman–Crippen LogP) is 3.45. The SMILES string of the molecule is CC(C)(C)NCc1nnc(-c2csc(Br)c2)o1. The standard InChI is InChI=1S/C11H14BrN3OS/c1-11(2,3)13-5-9-14-15-10(16-9)7-4-8(12)17-6-7/h4,6,13H,5H2,1-3H3. The number of thiophene rings is 1. The second kappa shape index (κ2) is 4.88. The van der Waals surface area contributed by atoms with E-state index >= 15 is 0 Å². The first kappa shape index (κ1) is 12.7. The topological polar surface area (TPSA) is 51.0 Å². The van der Waals surface area contributed by atoms with Crippen molar-refractivity contribution in [3.8, 4) is 11.5 Å². The van der Waals surface area contributed by atoms with Gasteiger partial charge in [-0.25, -0.2) is 0 Å². The van der Waals surface area contributed by atoms with Crippen molar-refractivity contribution < 1.29 is 4.42 Å². The highest BCUT2D eigenvalue weighted by atomic mass is 79.9. The van der Waals surface area contributed by atoms with Gasteiger partial charge in [0.2, 0.25) is 11.8 Å². The van der Waals surface area contributed by atoms with Gasteiger partial charge in [-0.3, -0.25) is 0 Å². The fourth-order valence-electron chi connectivity index (χ4n) is 1.20. The Morgan fingerprint density at radius 2 is 2.18 bits per heavy atom. The maximum atomic E-state index is 5.58. The lowest BCUT2D eigenvalue weighted by Gasteiger charge is -2.18. The minimum Gasteiger partial charge on any atom is -0.419 e. The van der Waals surface area contributed by atoms with Crippen molar-refractivity contribution in [1.82, 2.24) is 15.5 Å². The van der Waals surface area contributed by atoms with Crippen molar-refractivity contribution in [2.45, 2.75) is 32.9 Å². The molecular weight excluding hydrogens is 302 g/mol. The van der Waals surface area contributed by atoms with Crippen LogP contribution >= 0.6 is 27.3 Å². The zero-order valence-corrected chi connectivity index (χ0v) is 12.4. The molecular formula is C11H14BrN3OS. The van der Waals surface area contributed by atoms with Crippen molar-refractivity contribution in [2.24, 2.45) is 0 Å². The molecule has 0 saturated carbocycles. The molecule has 0 bridgehead atoms. The molecule has 2 aromatic heterocycles. The lowest BCUT2D eigenvalue weighted by atomic mass is 10.1. The van der Waals surface area contributed by atoms with E-state index in [1.54, 1.807) is 11.3 Å². The molecule has 6 heteroatoms. The van der Waals surface area contributed by atoms with Gasteiger partial charge in [0.25, 0.3) is 0 Å². The third-order valence-corrected chi connectivity index (χ3v) is 3.56. The van der Waals surface area contributed by atoms with Gasteiger partial charge in [0, 0.05) is 10.9 Å². The lowest BCUT2D eigenvalue weighted by Crippen LogP contribution is -2.35. The monoisotopic (exact) mass is 315 g/mol. The molecule has 0 aromatic carbocycles. The molecule has 0 amide bonds. The molecule has 0 unspecified atom stereocenters. The molecule has 0 aliphatic carbocycles. The van der Waals surface area contributed by atoms with E-state index in [2.05, 4.69) is 52.2 Å². The number of halogens is 1. The van der Waals surface area contributed by atoms with Crippen LogP contribution in [0.15, 0.2) is 19.6 Å². The summed E-state index contributed by atoms with van der Waals surface area (Å²) in [5, 5.41) is 13.3. The molecule has 0 fully saturated rings. The summed E-state index contributed by atoms with van der Waals surface area (Å²) in [5.41, 5.74) is 0.997. The Bertz CT molecular complexity index is 501.